The Morgan fingerprint density at radius 1 is 1.27 bits per heavy atom. The van der Waals surface area contributed by atoms with E-state index in [1.807, 2.05) is 0 Å². The van der Waals surface area contributed by atoms with Crippen LogP contribution in [0.3, 0.4) is 0 Å². The number of hydrogen-bond donors (Lipinski definition) is 0. The number of alkyl halides is 2. The molecule has 0 unspecified atom stereocenters. The fourth-order valence-electron chi connectivity index (χ4n) is 3.65. The van der Waals surface area contributed by atoms with E-state index in [1.165, 1.54) is 4.90 Å². The summed E-state index contributed by atoms with van der Waals surface area (Å²) in [7, 11) is 0. The molecule has 1 saturated carbocycles. The Kier molecular flexibility index (Phi) is 6.29. The largest absolute Gasteiger partial charge is 0.444 e. The Balaban J connectivity index is 2.09. The molecule has 26 heavy (non-hydrogen) atoms. The minimum absolute atomic E-state index is 0.191. The first kappa shape index (κ1) is 20.6. The molecule has 0 radical (unpaired) electrons. The number of ether oxygens (including phenoxy) is 1. The lowest BCUT2D eigenvalue weighted by Gasteiger charge is -2.39. The predicted molar refractivity (Wildman–Crippen MR) is 95.1 cm³/mol. The zero-order valence-corrected chi connectivity index (χ0v) is 16.0. The van der Waals surface area contributed by atoms with Crippen molar-refractivity contribution in [1.29, 1.82) is 0 Å². The molecule has 1 aliphatic carbocycles. The van der Waals surface area contributed by atoms with E-state index < -0.39 is 23.7 Å². The van der Waals surface area contributed by atoms with Gasteiger partial charge in [0.2, 0.25) is 11.8 Å². The van der Waals surface area contributed by atoms with Crippen molar-refractivity contribution in [3.05, 3.63) is 12.7 Å². The van der Waals surface area contributed by atoms with Gasteiger partial charge in [-0.3, -0.25) is 9.69 Å². The topological polar surface area (TPSA) is 49.9 Å². The first-order valence-electron chi connectivity index (χ1n) is 9.33. The molecule has 2 rings (SSSR count). The normalized spacial score (nSPS) is 23.6. The number of carbonyl (C=O) groups excluding carboxylic acids is 2. The van der Waals surface area contributed by atoms with Gasteiger partial charge in [0.05, 0.1) is 0 Å². The maximum absolute atomic E-state index is 13.5. The second-order valence-corrected chi connectivity index (χ2v) is 8.20. The molecule has 2 aliphatic rings. The minimum atomic E-state index is -2.64. The molecule has 0 aromatic carbocycles. The molecule has 0 aromatic rings. The third kappa shape index (κ3) is 5.17. The van der Waals surface area contributed by atoms with Gasteiger partial charge in [0.1, 0.15) is 11.6 Å². The first-order chi connectivity index (χ1) is 12.0. The highest BCUT2D eigenvalue weighted by atomic mass is 19.3. The fourth-order valence-corrected chi connectivity index (χ4v) is 3.65. The lowest BCUT2D eigenvalue weighted by atomic mass is 9.90. The van der Waals surface area contributed by atoms with Crippen LogP contribution in [0, 0.1) is 0 Å². The molecular weight excluding hydrogens is 342 g/mol. The first-order valence-corrected chi connectivity index (χ1v) is 9.33. The van der Waals surface area contributed by atoms with Crippen LogP contribution in [0.15, 0.2) is 12.7 Å². The maximum Gasteiger partial charge on any atom is 0.410 e. The lowest BCUT2D eigenvalue weighted by Crippen LogP contribution is -2.53. The van der Waals surface area contributed by atoms with Gasteiger partial charge in [-0.15, -0.1) is 6.58 Å². The molecule has 0 spiro atoms. The van der Waals surface area contributed by atoms with E-state index in [2.05, 4.69) is 6.58 Å². The van der Waals surface area contributed by atoms with Crippen LogP contribution in [0.1, 0.15) is 59.3 Å². The van der Waals surface area contributed by atoms with Crippen molar-refractivity contribution in [2.75, 3.05) is 13.1 Å². The van der Waals surface area contributed by atoms with Crippen LogP contribution in [-0.4, -0.2) is 58.5 Å². The van der Waals surface area contributed by atoms with Gasteiger partial charge < -0.3 is 9.64 Å². The number of likely N-dealkylation sites (tertiary alicyclic amines) is 1. The zero-order valence-electron chi connectivity index (χ0n) is 16.0. The van der Waals surface area contributed by atoms with Gasteiger partial charge in [0.15, 0.2) is 0 Å². The van der Waals surface area contributed by atoms with E-state index in [-0.39, 0.29) is 37.6 Å². The van der Waals surface area contributed by atoms with Crippen molar-refractivity contribution in [3.63, 3.8) is 0 Å². The lowest BCUT2D eigenvalue weighted by molar-refractivity contribution is -0.140. The molecule has 1 heterocycles. The second kappa shape index (κ2) is 7.92. The number of amides is 2. The van der Waals surface area contributed by atoms with Gasteiger partial charge in [0, 0.05) is 32.0 Å². The molecule has 148 valence electrons. The van der Waals surface area contributed by atoms with Crippen molar-refractivity contribution in [1.82, 2.24) is 9.80 Å². The molecule has 0 aromatic heterocycles. The summed E-state index contributed by atoms with van der Waals surface area (Å²) in [5, 5.41) is 0. The predicted octanol–water partition coefficient (Wildman–Crippen LogP) is 3.98. The van der Waals surface area contributed by atoms with Gasteiger partial charge in [-0.05, 0) is 46.5 Å². The van der Waals surface area contributed by atoms with Crippen molar-refractivity contribution in [2.45, 2.75) is 82.9 Å². The third-order valence-electron chi connectivity index (χ3n) is 4.90. The number of rotatable bonds is 4. The van der Waals surface area contributed by atoms with E-state index in [0.717, 1.165) is 6.42 Å². The average Bonchev–Trinajstić information content (AvgIpc) is 3.00. The number of halogens is 2. The van der Waals surface area contributed by atoms with Crippen molar-refractivity contribution >= 4 is 12.0 Å². The fraction of sp³-hybridized carbons (Fsp3) is 0.789. The van der Waals surface area contributed by atoms with Crippen LogP contribution >= 0.6 is 0 Å². The average molecular weight is 372 g/mol. The molecule has 5 nitrogen and oxygen atoms in total. The van der Waals surface area contributed by atoms with E-state index >= 15 is 0 Å². The molecule has 0 N–H and O–H groups in total. The Hall–Kier alpha value is -1.66. The summed E-state index contributed by atoms with van der Waals surface area (Å²) >= 11 is 0. The zero-order chi connectivity index (χ0) is 19.5. The molecule has 2 fully saturated rings. The van der Waals surface area contributed by atoms with E-state index in [1.54, 1.807) is 31.7 Å². The summed E-state index contributed by atoms with van der Waals surface area (Å²) in [6.45, 7) is 9.80. The number of nitrogens with zero attached hydrogens (tertiary/aromatic N) is 2. The van der Waals surface area contributed by atoms with Crippen molar-refractivity contribution in [2.24, 2.45) is 0 Å². The molecule has 1 atom stereocenters. The summed E-state index contributed by atoms with van der Waals surface area (Å²) < 4.78 is 32.3. The molecule has 1 aliphatic heterocycles. The van der Waals surface area contributed by atoms with Crippen LogP contribution in [0.4, 0.5) is 13.6 Å². The number of carbonyl (C=O) groups is 2. The highest BCUT2D eigenvalue weighted by Gasteiger charge is 2.42. The Bertz CT molecular complexity index is 535. The second-order valence-electron chi connectivity index (χ2n) is 8.20. The van der Waals surface area contributed by atoms with Crippen LogP contribution in [0.5, 0.6) is 0 Å². The third-order valence-corrected chi connectivity index (χ3v) is 4.90. The highest BCUT2D eigenvalue weighted by molar-refractivity contribution is 5.86. The van der Waals surface area contributed by atoms with E-state index in [9.17, 15) is 18.4 Å². The van der Waals surface area contributed by atoms with Crippen molar-refractivity contribution < 1.29 is 23.1 Å². The molecule has 7 heteroatoms. The summed E-state index contributed by atoms with van der Waals surface area (Å²) in [5.41, 5.74) is -0.636. The van der Waals surface area contributed by atoms with Crippen LogP contribution in [0.2, 0.25) is 0 Å². The summed E-state index contributed by atoms with van der Waals surface area (Å²) in [4.78, 5) is 28.6. The molecule has 0 bridgehead atoms. The maximum atomic E-state index is 13.5. The Morgan fingerprint density at radius 2 is 1.88 bits per heavy atom. The summed E-state index contributed by atoms with van der Waals surface area (Å²) in [6, 6.07) is -0.826. The van der Waals surface area contributed by atoms with E-state index in [0.29, 0.717) is 19.5 Å². The van der Waals surface area contributed by atoms with Gasteiger partial charge in [-0.25, -0.2) is 13.6 Å². The van der Waals surface area contributed by atoms with Crippen LogP contribution < -0.4 is 0 Å². The van der Waals surface area contributed by atoms with Crippen LogP contribution in [-0.2, 0) is 9.53 Å². The van der Waals surface area contributed by atoms with Gasteiger partial charge >= 0.3 is 6.09 Å². The minimum Gasteiger partial charge on any atom is -0.444 e. The SMILES string of the molecule is C=CCN(C(=O)[C@@H]1CCCN1C(=O)OC(C)(C)C)C1CCC(F)(F)CC1. The molecule has 2 amide bonds. The van der Waals surface area contributed by atoms with Crippen LogP contribution in [0.25, 0.3) is 0 Å². The van der Waals surface area contributed by atoms with Gasteiger partial charge in [0.25, 0.3) is 0 Å². The smallest absolute Gasteiger partial charge is 0.410 e. The summed E-state index contributed by atoms with van der Waals surface area (Å²) in [5.74, 6) is -2.83. The van der Waals surface area contributed by atoms with E-state index in [4.69, 9.17) is 4.74 Å². The quantitative estimate of drug-likeness (QED) is 0.702. The van der Waals surface area contributed by atoms with Gasteiger partial charge in [-0.2, -0.15) is 0 Å². The van der Waals surface area contributed by atoms with Crippen molar-refractivity contribution in [3.8, 4) is 0 Å². The molecular formula is C19H30F2N2O3. The monoisotopic (exact) mass is 372 g/mol. The molecule has 1 saturated heterocycles. The Morgan fingerprint density at radius 3 is 2.42 bits per heavy atom. The highest BCUT2D eigenvalue weighted by Crippen LogP contribution is 2.36. The van der Waals surface area contributed by atoms with Gasteiger partial charge in [-0.1, -0.05) is 6.08 Å². The standard InChI is InChI=1S/C19H30F2N2O3/c1-5-12-22(14-8-10-19(20,21)11-9-14)16(24)15-7-6-13-23(15)17(25)26-18(2,3)4/h5,14-15H,1,6-13H2,2-4H3/t15-/m0/s1. The Labute approximate surface area is 154 Å². The summed E-state index contributed by atoms with van der Waals surface area (Å²) in [6.07, 6.45) is 2.52. The number of hydrogen-bond acceptors (Lipinski definition) is 3.